The van der Waals surface area contributed by atoms with E-state index in [9.17, 15) is 9.59 Å². The van der Waals surface area contributed by atoms with E-state index < -0.39 is 12.0 Å². The number of hydrogen-bond acceptors (Lipinski definition) is 4. The van der Waals surface area contributed by atoms with Gasteiger partial charge in [0.2, 0.25) is 5.82 Å². The highest BCUT2D eigenvalue weighted by Crippen LogP contribution is 2.06. The number of aliphatic hydroxyl groups is 1. The van der Waals surface area contributed by atoms with E-state index in [0.29, 0.717) is 10.9 Å². The first-order chi connectivity index (χ1) is 9.00. The number of carbonyl (C=O) groups excluding carboxylic acids is 1. The first-order valence-electron chi connectivity index (χ1n) is 5.92. The van der Waals surface area contributed by atoms with Gasteiger partial charge in [-0.25, -0.2) is 4.98 Å². The molecule has 2 aromatic rings. The Labute approximate surface area is 109 Å². The van der Waals surface area contributed by atoms with Crippen molar-refractivity contribution in [2.24, 2.45) is 7.05 Å². The summed E-state index contributed by atoms with van der Waals surface area (Å²) in [6.45, 7) is 1.68. The van der Waals surface area contributed by atoms with Crippen LogP contribution in [0.4, 0.5) is 0 Å². The minimum absolute atomic E-state index is 0.0318. The predicted octanol–water partition coefficient (Wildman–Crippen LogP) is 0.0441. The van der Waals surface area contributed by atoms with Crippen LogP contribution in [0, 0.1) is 0 Å². The zero-order valence-corrected chi connectivity index (χ0v) is 10.8. The molecule has 0 spiro atoms. The Bertz CT molecular complexity index is 676. The summed E-state index contributed by atoms with van der Waals surface area (Å²) in [5.41, 5.74) is 0.209. The number of carbonyl (C=O) groups is 1. The van der Waals surface area contributed by atoms with Gasteiger partial charge in [-0.15, -0.1) is 0 Å². The van der Waals surface area contributed by atoms with Crippen LogP contribution in [-0.4, -0.2) is 33.2 Å². The van der Waals surface area contributed by atoms with Crippen molar-refractivity contribution in [3.05, 3.63) is 40.4 Å². The summed E-state index contributed by atoms with van der Waals surface area (Å²) in [6.07, 6.45) is -0.651. The Morgan fingerprint density at radius 3 is 2.84 bits per heavy atom. The van der Waals surface area contributed by atoms with Crippen molar-refractivity contribution in [1.29, 1.82) is 0 Å². The fourth-order valence-corrected chi connectivity index (χ4v) is 1.74. The second-order valence-corrected chi connectivity index (χ2v) is 4.38. The van der Waals surface area contributed by atoms with Crippen LogP contribution in [0.3, 0.4) is 0 Å². The zero-order chi connectivity index (χ0) is 14.0. The minimum Gasteiger partial charge on any atom is -0.392 e. The lowest BCUT2D eigenvalue weighted by atomic mass is 10.2. The first-order valence-corrected chi connectivity index (χ1v) is 5.92. The third-order valence-electron chi connectivity index (χ3n) is 2.74. The van der Waals surface area contributed by atoms with Gasteiger partial charge in [0, 0.05) is 13.6 Å². The topological polar surface area (TPSA) is 84.2 Å². The Morgan fingerprint density at radius 2 is 2.16 bits per heavy atom. The Balaban J connectivity index is 2.47. The molecule has 1 amide bonds. The van der Waals surface area contributed by atoms with Crippen LogP contribution >= 0.6 is 0 Å². The molecule has 0 bridgehead atoms. The lowest BCUT2D eigenvalue weighted by molar-refractivity contribution is 0.0909. The SMILES string of the molecule is CC(O)CNC(=O)c1nc2ccccc2c(=O)n1C. The maximum absolute atomic E-state index is 12.1. The molecule has 0 fully saturated rings. The number of fused-ring (bicyclic) bond motifs is 1. The highest BCUT2D eigenvalue weighted by atomic mass is 16.3. The summed E-state index contributed by atoms with van der Waals surface area (Å²) in [6, 6.07) is 6.86. The lowest BCUT2D eigenvalue weighted by Gasteiger charge is -2.10. The maximum atomic E-state index is 12.1. The predicted molar refractivity (Wildman–Crippen MR) is 71.0 cm³/mol. The molecule has 0 aliphatic rings. The van der Waals surface area contributed by atoms with Crippen molar-refractivity contribution < 1.29 is 9.90 Å². The Morgan fingerprint density at radius 1 is 1.47 bits per heavy atom. The smallest absolute Gasteiger partial charge is 0.287 e. The molecule has 1 atom stereocenters. The molecule has 1 unspecified atom stereocenters. The van der Waals surface area contributed by atoms with Gasteiger partial charge in [0.15, 0.2) is 0 Å². The number of para-hydroxylation sites is 1. The largest absolute Gasteiger partial charge is 0.392 e. The number of nitrogens with one attached hydrogen (secondary N) is 1. The van der Waals surface area contributed by atoms with Gasteiger partial charge >= 0.3 is 0 Å². The van der Waals surface area contributed by atoms with E-state index in [0.717, 1.165) is 0 Å². The summed E-state index contributed by atoms with van der Waals surface area (Å²) in [5, 5.41) is 12.1. The molecule has 100 valence electrons. The molecule has 0 aliphatic carbocycles. The van der Waals surface area contributed by atoms with Crippen LogP contribution in [0.2, 0.25) is 0 Å². The number of benzene rings is 1. The molecular formula is C13H15N3O3. The molecule has 1 heterocycles. The van der Waals surface area contributed by atoms with Crippen molar-refractivity contribution in [3.8, 4) is 0 Å². The van der Waals surface area contributed by atoms with Crippen LogP contribution in [0.25, 0.3) is 10.9 Å². The third-order valence-corrected chi connectivity index (χ3v) is 2.74. The second-order valence-electron chi connectivity index (χ2n) is 4.38. The van der Waals surface area contributed by atoms with E-state index >= 15 is 0 Å². The monoisotopic (exact) mass is 261 g/mol. The fourth-order valence-electron chi connectivity index (χ4n) is 1.74. The Kier molecular flexibility index (Phi) is 3.62. The van der Waals surface area contributed by atoms with Gasteiger partial charge in [-0.05, 0) is 19.1 Å². The number of rotatable bonds is 3. The van der Waals surface area contributed by atoms with Gasteiger partial charge in [0.1, 0.15) is 0 Å². The second kappa shape index (κ2) is 5.19. The van der Waals surface area contributed by atoms with Crippen molar-refractivity contribution in [2.45, 2.75) is 13.0 Å². The summed E-state index contributed by atoms with van der Waals surface area (Å²) >= 11 is 0. The standard InChI is InChI=1S/C13H15N3O3/c1-8(17)7-14-12(18)11-15-10-6-4-3-5-9(10)13(19)16(11)2/h3-6,8,17H,7H2,1-2H3,(H,14,18). The zero-order valence-electron chi connectivity index (χ0n) is 10.8. The van der Waals surface area contributed by atoms with Gasteiger partial charge in [0.25, 0.3) is 11.5 Å². The Hall–Kier alpha value is -2.21. The lowest BCUT2D eigenvalue weighted by Crippen LogP contribution is -2.35. The molecule has 6 heteroatoms. The highest BCUT2D eigenvalue weighted by Gasteiger charge is 2.15. The number of aliphatic hydroxyl groups excluding tert-OH is 1. The fraction of sp³-hybridized carbons (Fsp3) is 0.308. The molecule has 2 rings (SSSR count). The van der Waals surface area contributed by atoms with E-state index in [1.54, 1.807) is 31.2 Å². The minimum atomic E-state index is -0.651. The van der Waals surface area contributed by atoms with E-state index in [-0.39, 0.29) is 17.9 Å². The molecular weight excluding hydrogens is 246 g/mol. The molecule has 19 heavy (non-hydrogen) atoms. The molecule has 0 saturated carbocycles. The molecule has 6 nitrogen and oxygen atoms in total. The van der Waals surface area contributed by atoms with E-state index in [1.807, 2.05) is 0 Å². The molecule has 1 aromatic heterocycles. The molecule has 1 aromatic carbocycles. The van der Waals surface area contributed by atoms with Crippen LogP contribution < -0.4 is 10.9 Å². The molecule has 2 N–H and O–H groups in total. The van der Waals surface area contributed by atoms with Crippen molar-refractivity contribution in [3.63, 3.8) is 0 Å². The quantitative estimate of drug-likeness (QED) is 0.817. The number of hydrogen-bond donors (Lipinski definition) is 2. The summed E-state index contributed by atoms with van der Waals surface area (Å²) in [7, 11) is 1.50. The van der Waals surface area contributed by atoms with E-state index in [2.05, 4.69) is 10.3 Å². The number of nitrogens with zero attached hydrogens (tertiary/aromatic N) is 2. The van der Waals surface area contributed by atoms with Crippen LogP contribution in [0.5, 0.6) is 0 Å². The van der Waals surface area contributed by atoms with Gasteiger partial charge in [-0.1, -0.05) is 12.1 Å². The van der Waals surface area contributed by atoms with E-state index in [4.69, 9.17) is 5.11 Å². The number of amides is 1. The summed E-state index contributed by atoms with van der Waals surface area (Å²) < 4.78 is 1.21. The van der Waals surface area contributed by atoms with Crippen LogP contribution in [0.1, 0.15) is 17.5 Å². The maximum Gasteiger partial charge on any atom is 0.287 e. The van der Waals surface area contributed by atoms with Crippen molar-refractivity contribution in [2.75, 3.05) is 6.54 Å². The third kappa shape index (κ3) is 2.63. The van der Waals surface area contributed by atoms with Gasteiger partial charge in [-0.2, -0.15) is 0 Å². The van der Waals surface area contributed by atoms with Gasteiger partial charge in [0.05, 0.1) is 17.0 Å². The van der Waals surface area contributed by atoms with Crippen molar-refractivity contribution >= 4 is 16.8 Å². The normalized spacial score (nSPS) is 12.4. The average molecular weight is 261 g/mol. The summed E-state index contributed by atoms with van der Waals surface area (Å²) in [5.74, 6) is -0.449. The molecule has 0 aliphatic heterocycles. The van der Waals surface area contributed by atoms with Crippen molar-refractivity contribution in [1.82, 2.24) is 14.9 Å². The highest BCUT2D eigenvalue weighted by molar-refractivity contribution is 5.92. The van der Waals surface area contributed by atoms with Crippen LogP contribution in [0.15, 0.2) is 29.1 Å². The summed E-state index contributed by atoms with van der Waals surface area (Å²) in [4.78, 5) is 28.2. The molecule has 0 radical (unpaired) electrons. The van der Waals surface area contributed by atoms with E-state index in [1.165, 1.54) is 11.6 Å². The molecule has 0 saturated heterocycles. The van der Waals surface area contributed by atoms with Gasteiger partial charge < -0.3 is 10.4 Å². The average Bonchev–Trinajstić information content (AvgIpc) is 2.40. The van der Waals surface area contributed by atoms with Gasteiger partial charge in [-0.3, -0.25) is 14.2 Å². The first kappa shape index (κ1) is 13.2. The number of aromatic nitrogens is 2. The van der Waals surface area contributed by atoms with Crippen LogP contribution in [-0.2, 0) is 7.05 Å².